The molecule has 0 bridgehead atoms. The average Bonchev–Trinajstić information content (AvgIpc) is 2.64. The smallest absolute Gasteiger partial charge is 0.231 e. The maximum Gasteiger partial charge on any atom is 0.231 e. The Balaban J connectivity index is 2.62. The molecule has 92 valence electrons. The van der Waals surface area contributed by atoms with Crippen molar-refractivity contribution in [3.63, 3.8) is 0 Å². The summed E-state index contributed by atoms with van der Waals surface area (Å²) in [5.74, 6) is 2.85. The van der Waals surface area contributed by atoms with Gasteiger partial charge in [-0.3, -0.25) is 0 Å². The fourth-order valence-electron chi connectivity index (χ4n) is 1.38. The first-order valence-corrected chi connectivity index (χ1v) is 6.73. The van der Waals surface area contributed by atoms with Crippen molar-refractivity contribution in [3.8, 4) is 0 Å². The Labute approximate surface area is 101 Å². The Morgan fingerprint density at radius 3 is 2.50 bits per heavy atom. The molecule has 5 heteroatoms. The van der Waals surface area contributed by atoms with Crippen LogP contribution in [0.2, 0.25) is 0 Å². The Morgan fingerprint density at radius 2 is 2.00 bits per heavy atom. The van der Waals surface area contributed by atoms with E-state index in [9.17, 15) is 0 Å². The highest BCUT2D eigenvalue weighted by Gasteiger charge is 2.20. The molecule has 1 aromatic heterocycles. The molecule has 2 N–H and O–H groups in total. The van der Waals surface area contributed by atoms with E-state index in [1.807, 2.05) is 11.8 Å². The van der Waals surface area contributed by atoms with Gasteiger partial charge in [0.05, 0.1) is 11.7 Å². The number of rotatable bonds is 6. The number of hydrogen-bond donors (Lipinski definition) is 1. The van der Waals surface area contributed by atoms with Crippen LogP contribution in [0.5, 0.6) is 0 Å². The standard InChI is InChI=1S/C11H21N3OS/c1-7(2)9(5-12)11-13-10(14-15-11)6-16-8(3)4/h7-9H,5-6,12H2,1-4H3. The molecule has 0 aromatic carbocycles. The molecular formula is C11H21N3OS. The van der Waals surface area contributed by atoms with Crippen LogP contribution in [0.3, 0.4) is 0 Å². The molecule has 0 radical (unpaired) electrons. The van der Waals surface area contributed by atoms with Crippen LogP contribution in [0.4, 0.5) is 0 Å². The third kappa shape index (κ3) is 3.79. The molecule has 1 atom stereocenters. The average molecular weight is 243 g/mol. The first-order valence-electron chi connectivity index (χ1n) is 5.68. The minimum absolute atomic E-state index is 0.172. The molecule has 1 heterocycles. The summed E-state index contributed by atoms with van der Waals surface area (Å²) < 4.78 is 5.26. The molecular weight excluding hydrogens is 222 g/mol. The highest BCUT2D eigenvalue weighted by Crippen LogP contribution is 2.23. The molecule has 1 unspecified atom stereocenters. The molecule has 16 heavy (non-hydrogen) atoms. The van der Waals surface area contributed by atoms with Crippen LogP contribution in [0.15, 0.2) is 4.52 Å². The van der Waals surface area contributed by atoms with Crippen molar-refractivity contribution in [2.75, 3.05) is 6.54 Å². The van der Waals surface area contributed by atoms with Gasteiger partial charge in [-0.15, -0.1) is 0 Å². The number of thioether (sulfide) groups is 1. The number of hydrogen-bond acceptors (Lipinski definition) is 5. The molecule has 0 amide bonds. The van der Waals surface area contributed by atoms with Crippen LogP contribution < -0.4 is 5.73 Å². The van der Waals surface area contributed by atoms with Crippen molar-refractivity contribution < 1.29 is 4.52 Å². The van der Waals surface area contributed by atoms with Crippen molar-refractivity contribution in [2.24, 2.45) is 11.7 Å². The van der Waals surface area contributed by atoms with E-state index in [2.05, 4.69) is 37.8 Å². The molecule has 0 fully saturated rings. The fraction of sp³-hybridized carbons (Fsp3) is 0.818. The Morgan fingerprint density at radius 1 is 1.31 bits per heavy atom. The van der Waals surface area contributed by atoms with Crippen molar-refractivity contribution in [3.05, 3.63) is 11.7 Å². The summed E-state index contributed by atoms with van der Waals surface area (Å²) in [6, 6.07) is 0. The maximum absolute atomic E-state index is 5.70. The van der Waals surface area contributed by atoms with Gasteiger partial charge in [0.1, 0.15) is 0 Å². The zero-order chi connectivity index (χ0) is 12.1. The van der Waals surface area contributed by atoms with E-state index in [1.165, 1.54) is 0 Å². The minimum Gasteiger partial charge on any atom is -0.339 e. The van der Waals surface area contributed by atoms with Gasteiger partial charge in [-0.05, 0) is 11.2 Å². The molecule has 0 aliphatic carbocycles. The van der Waals surface area contributed by atoms with Crippen molar-refractivity contribution >= 4 is 11.8 Å². The quantitative estimate of drug-likeness (QED) is 0.831. The van der Waals surface area contributed by atoms with E-state index in [-0.39, 0.29) is 5.92 Å². The van der Waals surface area contributed by atoms with Gasteiger partial charge in [0.2, 0.25) is 5.89 Å². The van der Waals surface area contributed by atoms with Gasteiger partial charge >= 0.3 is 0 Å². The molecule has 0 spiro atoms. The van der Waals surface area contributed by atoms with Crippen molar-refractivity contribution in [2.45, 2.75) is 44.6 Å². The van der Waals surface area contributed by atoms with Crippen LogP contribution in [0.25, 0.3) is 0 Å². The maximum atomic E-state index is 5.70. The van der Waals surface area contributed by atoms with Crippen molar-refractivity contribution in [1.82, 2.24) is 10.1 Å². The second kappa shape index (κ2) is 6.25. The summed E-state index contributed by atoms with van der Waals surface area (Å²) in [7, 11) is 0. The lowest BCUT2D eigenvalue weighted by Crippen LogP contribution is -2.18. The minimum atomic E-state index is 0.172. The van der Waals surface area contributed by atoms with Crippen molar-refractivity contribution in [1.29, 1.82) is 0 Å². The lowest BCUT2D eigenvalue weighted by molar-refractivity contribution is 0.322. The highest BCUT2D eigenvalue weighted by molar-refractivity contribution is 7.99. The van der Waals surface area contributed by atoms with Gasteiger partial charge in [0.25, 0.3) is 0 Å². The van der Waals surface area contributed by atoms with Crippen LogP contribution in [-0.2, 0) is 5.75 Å². The normalized spacial score (nSPS) is 13.7. The van der Waals surface area contributed by atoms with Crippen LogP contribution in [-0.4, -0.2) is 21.9 Å². The van der Waals surface area contributed by atoms with Crippen LogP contribution in [0.1, 0.15) is 45.3 Å². The lowest BCUT2D eigenvalue weighted by atomic mass is 9.96. The van der Waals surface area contributed by atoms with Gasteiger partial charge in [-0.25, -0.2) is 0 Å². The molecule has 0 aliphatic rings. The molecule has 1 rings (SSSR count). The molecule has 0 aliphatic heterocycles. The summed E-state index contributed by atoms with van der Waals surface area (Å²) >= 11 is 1.81. The Kier molecular flexibility index (Phi) is 5.28. The van der Waals surface area contributed by atoms with Crippen LogP contribution in [0, 0.1) is 5.92 Å². The monoisotopic (exact) mass is 243 g/mol. The second-order valence-electron chi connectivity index (χ2n) is 4.49. The summed E-state index contributed by atoms with van der Waals surface area (Å²) in [5, 5.41) is 4.56. The Hall–Kier alpha value is -0.550. The van der Waals surface area contributed by atoms with Gasteiger partial charge in [0, 0.05) is 6.54 Å². The SMILES string of the molecule is CC(C)SCc1noc(C(CN)C(C)C)n1. The molecule has 4 nitrogen and oxygen atoms in total. The molecule has 0 saturated carbocycles. The summed E-state index contributed by atoms with van der Waals surface area (Å²) in [6.07, 6.45) is 0. The van der Waals surface area contributed by atoms with Gasteiger partial charge in [0.15, 0.2) is 5.82 Å². The largest absolute Gasteiger partial charge is 0.339 e. The van der Waals surface area contributed by atoms with E-state index in [0.29, 0.717) is 23.6 Å². The van der Waals surface area contributed by atoms with Crippen LogP contribution >= 0.6 is 11.8 Å². The van der Waals surface area contributed by atoms with E-state index in [0.717, 1.165) is 11.6 Å². The first-order chi connectivity index (χ1) is 7.54. The Bertz CT molecular complexity index is 312. The number of nitrogens with two attached hydrogens (primary N) is 1. The van der Waals surface area contributed by atoms with E-state index >= 15 is 0 Å². The molecule has 1 aromatic rings. The second-order valence-corrected chi connectivity index (χ2v) is 6.06. The van der Waals surface area contributed by atoms with E-state index in [4.69, 9.17) is 10.3 Å². The van der Waals surface area contributed by atoms with E-state index < -0.39 is 0 Å². The zero-order valence-electron chi connectivity index (χ0n) is 10.4. The first kappa shape index (κ1) is 13.5. The topological polar surface area (TPSA) is 64.9 Å². The molecule has 0 saturated heterocycles. The summed E-state index contributed by atoms with van der Waals surface area (Å²) in [4.78, 5) is 4.40. The van der Waals surface area contributed by atoms with Gasteiger partial charge < -0.3 is 10.3 Å². The number of nitrogens with zero attached hydrogens (tertiary/aromatic N) is 2. The number of aromatic nitrogens is 2. The van der Waals surface area contributed by atoms with Gasteiger partial charge in [-0.2, -0.15) is 16.7 Å². The lowest BCUT2D eigenvalue weighted by Gasteiger charge is -2.13. The predicted molar refractivity (Wildman–Crippen MR) is 67.4 cm³/mol. The van der Waals surface area contributed by atoms with E-state index in [1.54, 1.807) is 0 Å². The third-order valence-corrected chi connectivity index (χ3v) is 3.50. The summed E-state index contributed by atoms with van der Waals surface area (Å²) in [5.41, 5.74) is 5.70. The summed E-state index contributed by atoms with van der Waals surface area (Å²) in [6.45, 7) is 9.09. The van der Waals surface area contributed by atoms with Gasteiger partial charge in [-0.1, -0.05) is 32.9 Å². The highest BCUT2D eigenvalue weighted by atomic mass is 32.2. The predicted octanol–water partition coefficient (Wildman–Crippen LogP) is 2.41. The fourth-order valence-corrected chi connectivity index (χ4v) is 1.98. The third-order valence-electron chi connectivity index (χ3n) is 2.41. The zero-order valence-corrected chi connectivity index (χ0v) is 11.3.